The van der Waals surface area contributed by atoms with Gasteiger partial charge in [0.05, 0.1) is 5.69 Å². The Morgan fingerprint density at radius 2 is 1.14 bits per heavy atom. The molecule has 0 bridgehead atoms. The fourth-order valence-corrected chi connectivity index (χ4v) is 9.49. The number of hydrogen-bond donors (Lipinski definition) is 0. The summed E-state index contributed by atoms with van der Waals surface area (Å²) >= 11 is 1.91. The molecule has 2 heteroatoms. The van der Waals surface area contributed by atoms with Crippen LogP contribution >= 0.6 is 11.3 Å². The summed E-state index contributed by atoms with van der Waals surface area (Å²) < 4.78 is 2.66. The van der Waals surface area contributed by atoms with Gasteiger partial charge in [-0.1, -0.05) is 141 Å². The Hall–Kier alpha value is -5.70. The topological polar surface area (TPSA) is 3.24 Å². The molecule has 0 saturated carbocycles. The summed E-state index contributed by atoms with van der Waals surface area (Å²) in [5.41, 5.74) is 11.2. The van der Waals surface area contributed by atoms with Gasteiger partial charge >= 0.3 is 0 Å². The maximum Gasteiger partial charge on any atom is 0.0540 e. The summed E-state index contributed by atoms with van der Waals surface area (Å²) in [6.45, 7) is 4.72. The van der Waals surface area contributed by atoms with Crippen LogP contribution in [0.1, 0.15) is 25.0 Å². The molecule has 8 aromatic carbocycles. The van der Waals surface area contributed by atoms with Crippen LogP contribution in [-0.4, -0.2) is 0 Å². The van der Waals surface area contributed by atoms with E-state index in [0.29, 0.717) is 0 Å². The van der Waals surface area contributed by atoms with Gasteiger partial charge in [-0.3, -0.25) is 0 Å². The number of rotatable bonds is 4. The van der Waals surface area contributed by atoms with Crippen molar-refractivity contribution < 1.29 is 0 Å². The van der Waals surface area contributed by atoms with E-state index < -0.39 is 0 Å². The molecule has 0 aliphatic heterocycles. The second-order valence-corrected chi connectivity index (χ2v) is 14.8. The lowest BCUT2D eigenvalue weighted by atomic mass is 9.82. The zero-order valence-electron chi connectivity index (χ0n) is 27.4. The zero-order valence-corrected chi connectivity index (χ0v) is 28.3. The fraction of sp³-hybridized carbons (Fsp3) is 0.0638. The molecule has 1 aliphatic carbocycles. The van der Waals surface area contributed by atoms with Crippen molar-refractivity contribution >= 4 is 70.1 Å². The minimum absolute atomic E-state index is 0.0934. The minimum atomic E-state index is -0.0934. The van der Waals surface area contributed by atoms with Gasteiger partial charge in [0.15, 0.2) is 0 Å². The highest BCUT2D eigenvalue weighted by Crippen LogP contribution is 2.52. The summed E-state index contributed by atoms with van der Waals surface area (Å²) in [6.07, 6.45) is 0. The van der Waals surface area contributed by atoms with E-state index in [1.807, 2.05) is 11.3 Å². The molecular formula is C47H33NS. The van der Waals surface area contributed by atoms with Gasteiger partial charge in [-0.05, 0) is 80.4 Å². The Bertz CT molecular complexity index is 2750. The van der Waals surface area contributed by atoms with Gasteiger partial charge in [0.2, 0.25) is 0 Å². The monoisotopic (exact) mass is 643 g/mol. The number of para-hydroxylation sites is 1. The number of fused-ring (bicyclic) bond motifs is 10. The number of nitrogens with zero attached hydrogens (tertiary/aromatic N) is 1. The lowest BCUT2D eigenvalue weighted by Crippen LogP contribution is -2.16. The highest BCUT2D eigenvalue weighted by molar-refractivity contribution is 7.26. The van der Waals surface area contributed by atoms with E-state index >= 15 is 0 Å². The van der Waals surface area contributed by atoms with E-state index in [1.54, 1.807) is 0 Å². The average Bonchev–Trinajstić information content (AvgIpc) is 3.64. The normalized spacial score (nSPS) is 13.3. The van der Waals surface area contributed by atoms with Gasteiger partial charge in [-0.25, -0.2) is 0 Å². The molecule has 0 amide bonds. The van der Waals surface area contributed by atoms with E-state index in [-0.39, 0.29) is 5.41 Å². The summed E-state index contributed by atoms with van der Waals surface area (Å²) in [5.74, 6) is 0. The van der Waals surface area contributed by atoms with Crippen LogP contribution < -0.4 is 4.90 Å². The molecular weight excluding hydrogens is 611 g/mol. The molecule has 0 atom stereocenters. The molecule has 0 unspecified atom stereocenters. The Balaban J connectivity index is 1.23. The lowest BCUT2D eigenvalue weighted by molar-refractivity contribution is 0.660. The van der Waals surface area contributed by atoms with Crippen LogP contribution in [0.25, 0.3) is 64.0 Å². The van der Waals surface area contributed by atoms with Crippen LogP contribution in [0.4, 0.5) is 17.1 Å². The molecule has 1 nitrogen and oxygen atoms in total. The highest BCUT2D eigenvalue weighted by atomic mass is 32.1. The second-order valence-electron chi connectivity index (χ2n) is 13.7. The van der Waals surface area contributed by atoms with E-state index in [2.05, 4.69) is 183 Å². The number of thiophene rings is 1. The van der Waals surface area contributed by atoms with Gasteiger partial charge in [0.25, 0.3) is 0 Å². The van der Waals surface area contributed by atoms with E-state index in [0.717, 1.165) is 11.4 Å². The predicted molar refractivity (Wildman–Crippen MR) is 212 cm³/mol. The lowest BCUT2D eigenvalue weighted by Gasteiger charge is -2.30. The summed E-state index contributed by atoms with van der Waals surface area (Å²) in [5, 5.41) is 7.85. The van der Waals surface area contributed by atoms with Gasteiger partial charge in [0.1, 0.15) is 0 Å². The Morgan fingerprint density at radius 3 is 2.04 bits per heavy atom. The van der Waals surface area contributed by atoms with Crippen molar-refractivity contribution in [3.05, 3.63) is 175 Å². The van der Waals surface area contributed by atoms with Gasteiger partial charge in [-0.2, -0.15) is 0 Å². The Labute approximate surface area is 290 Å². The highest BCUT2D eigenvalue weighted by Gasteiger charge is 2.36. The molecule has 0 saturated heterocycles. The van der Waals surface area contributed by atoms with E-state index in [9.17, 15) is 0 Å². The van der Waals surface area contributed by atoms with Crippen molar-refractivity contribution in [2.75, 3.05) is 4.90 Å². The SMILES string of the molecule is CC1(C)c2ccccc2-c2ccc(N(c3ccc4sc5c(ccc6ccc7ccccc7c65)c4c3)c3ccccc3-c3ccccc3)cc21. The molecule has 1 aromatic heterocycles. The fourth-order valence-electron chi connectivity index (χ4n) is 8.24. The predicted octanol–water partition coefficient (Wildman–Crippen LogP) is 13.8. The van der Waals surface area contributed by atoms with Crippen LogP contribution in [0.5, 0.6) is 0 Å². The Morgan fingerprint density at radius 1 is 0.469 bits per heavy atom. The first kappa shape index (κ1) is 28.3. The third kappa shape index (κ3) is 4.24. The molecule has 9 aromatic rings. The largest absolute Gasteiger partial charge is 0.310 e. The third-order valence-corrected chi connectivity index (χ3v) is 11.8. The second kappa shape index (κ2) is 10.7. The van der Waals surface area contributed by atoms with Gasteiger partial charge < -0.3 is 4.90 Å². The maximum atomic E-state index is 2.47. The van der Waals surface area contributed by atoms with Crippen molar-refractivity contribution in [2.24, 2.45) is 0 Å². The van der Waals surface area contributed by atoms with Crippen molar-refractivity contribution in [1.82, 2.24) is 0 Å². The zero-order chi connectivity index (χ0) is 32.7. The smallest absolute Gasteiger partial charge is 0.0540 e. The molecule has 10 rings (SSSR count). The van der Waals surface area contributed by atoms with Crippen LogP contribution in [0, 0.1) is 0 Å². The Kier molecular flexibility index (Phi) is 6.16. The average molecular weight is 644 g/mol. The van der Waals surface area contributed by atoms with Crippen LogP contribution in [0.2, 0.25) is 0 Å². The number of hydrogen-bond acceptors (Lipinski definition) is 2. The molecule has 0 radical (unpaired) electrons. The van der Waals surface area contributed by atoms with Crippen molar-refractivity contribution in [2.45, 2.75) is 19.3 Å². The van der Waals surface area contributed by atoms with E-state index in [1.165, 1.54) is 80.8 Å². The third-order valence-electron chi connectivity index (χ3n) is 10.6. The number of benzene rings is 8. The standard InChI is InChI=1S/C47H33NS/c1-47(2)41-18-10-8-17-37(41)38-26-23-34(29-42(38)47)48(43-19-11-9-15-35(43)30-12-4-3-5-13-30)33-24-27-44-40(28-33)39-25-22-32-21-20-31-14-6-7-16-36(31)45(32)46(39)49-44/h3-29H,1-2H3. The van der Waals surface area contributed by atoms with Crippen molar-refractivity contribution in [3.63, 3.8) is 0 Å². The molecule has 0 spiro atoms. The molecule has 0 fully saturated rings. The number of anilines is 3. The molecule has 49 heavy (non-hydrogen) atoms. The first-order chi connectivity index (χ1) is 24.1. The van der Waals surface area contributed by atoms with Crippen LogP contribution in [-0.2, 0) is 5.41 Å². The molecule has 1 aliphatic rings. The summed E-state index contributed by atoms with van der Waals surface area (Å²) in [4.78, 5) is 2.47. The van der Waals surface area contributed by atoms with Crippen LogP contribution in [0.15, 0.2) is 164 Å². The first-order valence-electron chi connectivity index (χ1n) is 17.0. The van der Waals surface area contributed by atoms with E-state index in [4.69, 9.17) is 0 Å². The van der Waals surface area contributed by atoms with Gasteiger partial charge in [0, 0.05) is 47.9 Å². The first-order valence-corrected chi connectivity index (χ1v) is 17.8. The van der Waals surface area contributed by atoms with Crippen molar-refractivity contribution in [1.29, 1.82) is 0 Å². The van der Waals surface area contributed by atoms with Crippen LogP contribution in [0.3, 0.4) is 0 Å². The quantitative estimate of drug-likeness (QED) is 0.173. The van der Waals surface area contributed by atoms with Crippen molar-refractivity contribution in [3.8, 4) is 22.3 Å². The summed E-state index contributed by atoms with van der Waals surface area (Å²) in [6, 6.07) is 60.6. The summed E-state index contributed by atoms with van der Waals surface area (Å²) in [7, 11) is 0. The maximum absolute atomic E-state index is 2.47. The minimum Gasteiger partial charge on any atom is -0.310 e. The molecule has 1 heterocycles. The van der Waals surface area contributed by atoms with Gasteiger partial charge in [-0.15, -0.1) is 11.3 Å². The molecule has 232 valence electrons. The molecule has 0 N–H and O–H groups in total.